The van der Waals surface area contributed by atoms with Crippen LogP contribution in [0.5, 0.6) is 0 Å². The van der Waals surface area contributed by atoms with Crippen molar-refractivity contribution >= 4 is 37.6 Å². The maximum atomic E-state index is 11.7. The van der Waals surface area contributed by atoms with Crippen molar-refractivity contribution in [1.29, 1.82) is 0 Å². The predicted octanol–water partition coefficient (Wildman–Crippen LogP) is 2.14. The highest BCUT2D eigenvalue weighted by Crippen LogP contribution is 2.15. The molecule has 0 saturated carbocycles. The van der Waals surface area contributed by atoms with Gasteiger partial charge in [0.25, 0.3) is 0 Å². The summed E-state index contributed by atoms with van der Waals surface area (Å²) in [6.45, 7) is 0. The van der Waals surface area contributed by atoms with Gasteiger partial charge in [-0.1, -0.05) is 15.9 Å². The third kappa shape index (κ3) is 5.50. The molecular formula is C11H14BrNO4S. The number of esters is 1. The van der Waals surface area contributed by atoms with Crippen molar-refractivity contribution in [2.24, 2.45) is 0 Å². The summed E-state index contributed by atoms with van der Waals surface area (Å²) >= 11 is 3.26. The topological polar surface area (TPSA) is 72.5 Å². The SMILES string of the molecule is COC(=O)CCCS(=O)(=O)Nc1ccc(Br)cc1. The molecule has 0 heterocycles. The molecule has 0 unspecified atom stereocenters. The molecule has 1 aromatic carbocycles. The predicted molar refractivity (Wildman–Crippen MR) is 72.8 cm³/mol. The van der Waals surface area contributed by atoms with Gasteiger partial charge in [0.2, 0.25) is 10.0 Å². The molecule has 1 aromatic rings. The van der Waals surface area contributed by atoms with E-state index in [0.29, 0.717) is 5.69 Å². The lowest BCUT2D eigenvalue weighted by Crippen LogP contribution is -2.17. The van der Waals surface area contributed by atoms with E-state index in [1.165, 1.54) is 7.11 Å². The van der Waals surface area contributed by atoms with Crippen molar-refractivity contribution in [1.82, 2.24) is 0 Å². The van der Waals surface area contributed by atoms with E-state index in [2.05, 4.69) is 25.4 Å². The van der Waals surface area contributed by atoms with Gasteiger partial charge in [-0.2, -0.15) is 0 Å². The molecule has 0 saturated heterocycles. The Morgan fingerprint density at radius 3 is 2.50 bits per heavy atom. The van der Waals surface area contributed by atoms with Gasteiger partial charge in [0.05, 0.1) is 12.9 Å². The molecule has 0 fully saturated rings. The van der Waals surface area contributed by atoms with E-state index in [-0.39, 0.29) is 18.6 Å². The lowest BCUT2D eigenvalue weighted by atomic mass is 10.3. The molecule has 0 amide bonds. The average molecular weight is 336 g/mol. The Morgan fingerprint density at radius 2 is 1.94 bits per heavy atom. The highest BCUT2D eigenvalue weighted by molar-refractivity contribution is 9.10. The number of carbonyl (C=O) groups is 1. The van der Waals surface area contributed by atoms with Crippen molar-refractivity contribution in [3.05, 3.63) is 28.7 Å². The lowest BCUT2D eigenvalue weighted by Gasteiger charge is -2.07. The molecule has 0 aliphatic heterocycles. The number of rotatable bonds is 6. The Labute approximate surface area is 115 Å². The molecule has 0 bridgehead atoms. The molecule has 0 atom stereocenters. The van der Waals surface area contributed by atoms with Crippen LogP contribution in [-0.2, 0) is 19.6 Å². The molecule has 0 radical (unpaired) electrons. The Hall–Kier alpha value is -1.08. The summed E-state index contributed by atoms with van der Waals surface area (Å²) in [7, 11) is -2.15. The fraction of sp³-hybridized carbons (Fsp3) is 0.364. The van der Waals surface area contributed by atoms with Gasteiger partial charge in [0, 0.05) is 16.6 Å². The number of nitrogens with one attached hydrogen (secondary N) is 1. The highest BCUT2D eigenvalue weighted by Gasteiger charge is 2.11. The first-order valence-corrected chi connectivity index (χ1v) is 7.70. The van der Waals surface area contributed by atoms with E-state index in [0.717, 1.165) is 4.47 Å². The summed E-state index contributed by atoms with van der Waals surface area (Å²) in [4.78, 5) is 10.9. The number of carbonyl (C=O) groups excluding carboxylic acids is 1. The fourth-order valence-corrected chi connectivity index (χ4v) is 2.64. The molecule has 0 aromatic heterocycles. The van der Waals surface area contributed by atoms with Crippen molar-refractivity contribution in [2.45, 2.75) is 12.8 Å². The minimum atomic E-state index is -3.42. The Morgan fingerprint density at radius 1 is 1.33 bits per heavy atom. The summed E-state index contributed by atoms with van der Waals surface area (Å²) in [6, 6.07) is 6.79. The largest absolute Gasteiger partial charge is 0.469 e. The fourth-order valence-electron chi connectivity index (χ4n) is 1.26. The van der Waals surface area contributed by atoms with Gasteiger partial charge >= 0.3 is 5.97 Å². The molecule has 1 N–H and O–H groups in total. The number of benzene rings is 1. The van der Waals surface area contributed by atoms with Gasteiger partial charge < -0.3 is 4.74 Å². The van der Waals surface area contributed by atoms with Crippen molar-refractivity contribution in [3.63, 3.8) is 0 Å². The average Bonchev–Trinajstić information content (AvgIpc) is 2.31. The zero-order chi connectivity index (χ0) is 13.6. The van der Waals surface area contributed by atoms with E-state index in [1.807, 2.05) is 0 Å². The normalized spacial score (nSPS) is 11.0. The third-order valence-corrected chi connectivity index (χ3v) is 4.04. The second kappa shape index (κ2) is 6.75. The smallest absolute Gasteiger partial charge is 0.305 e. The van der Waals surface area contributed by atoms with Crippen LogP contribution in [0.1, 0.15) is 12.8 Å². The monoisotopic (exact) mass is 335 g/mol. The van der Waals surface area contributed by atoms with Crippen LogP contribution in [0.4, 0.5) is 5.69 Å². The summed E-state index contributed by atoms with van der Waals surface area (Å²) < 4.78 is 31.1. The first-order valence-electron chi connectivity index (χ1n) is 5.26. The number of ether oxygens (including phenoxy) is 1. The summed E-state index contributed by atoms with van der Waals surface area (Å²) in [5.74, 6) is -0.521. The van der Waals surface area contributed by atoms with Crippen LogP contribution in [0.25, 0.3) is 0 Å². The molecule has 5 nitrogen and oxygen atoms in total. The van der Waals surface area contributed by atoms with E-state index in [4.69, 9.17) is 0 Å². The zero-order valence-corrected chi connectivity index (χ0v) is 12.3. The van der Waals surface area contributed by atoms with Crippen LogP contribution < -0.4 is 4.72 Å². The van der Waals surface area contributed by atoms with Gasteiger partial charge in [-0.05, 0) is 30.7 Å². The van der Waals surface area contributed by atoms with Crippen LogP contribution in [0.2, 0.25) is 0 Å². The van der Waals surface area contributed by atoms with Gasteiger partial charge in [0.1, 0.15) is 0 Å². The Kier molecular flexibility index (Phi) is 5.61. The molecule has 0 spiro atoms. The Bertz CT molecular complexity index is 498. The standard InChI is InChI=1S/C11H14BrNO4S/c1-17-11(14)3-2-8-18(15,16)13-10-6-4-9(12)5-7-10/h4-7,13H,2-3,8H2,1H3. The Balaban J connectivity index is 2.49. The van der Waals surface area contributed by atoms with Gasteiger partial charge in [-0.3, -0.25) is 9.52 Å². The molecule has 100 valence electrons. The molecule has 7 heteroatoms. The maximum Gasteiger partial charge on any atom is 0.305 e. The second-order valence-corrected chi connectivity index (χ2v) is 6.37. The quantitative estimate of drug-likeness (QED) is 0.808. The first-order chi connectivity index (χ1) is 8.43. The summed E-state index contributed by atoms with van der Waals surface area (Å²) in [5.41, 5.74) is 0.497. The van der Waals surface area contributed by atoms with Crippen molar-refractivity contribution in [3.8, 4) is 0 Å². The third-order valence-electron chi connectivity index (χ3n) is 2.14. The molecule has 1 rings (SSSR count). The van der Waals surface area contributed by atoms with E-state index >= 15 is 0 Å². The number of sulfonamides is 1. The van der Waals surface area contributed by atoms with Crippen LogP contribution in [-0.4, -0.2) is 27.2 Å². The van der Waals surface area contributed by atoms with E-state index in [9.17, 15) is 13.2 Å². The number of hydrogen-bond donors (Lipinski definition) is 1. The molecule has 0 aliphatic carbocycles. The van der Waals surface area contributed by atoms with Gasteiger partial charge in [-0.25, -0.2) is 8.42 Å². The van der Waals surface area contributed by atoms with Crippen LogP contribution >= 0.6 is 15.9 Å². The lowest BCUT2D eigenvalue weighted by molar-refractivity contribution is -0.140. The van der Waals surface area contributed by atoms with Gasteiger partial charge in [-0.15, -0.1) is 0 Å². The molecule has 18 heavy (non-hydrogen) atoms. The minimum Gasteiger partial charge on any atom is -0.469 e. The molecule has 0 aliphatic rings. The molecular weight excluding hydrogens is 322 g/mol. The van der Waals surface area contributed by atoms with Crippen LogP contribution in [0.3, 0.4) is 0 Å². The summed E-state index contributed by atoms with van der Waals surface area (Å²) in [5, 5.41) is 0. The van der Waals surface area contributed by atoms with Crippen LogP contribution in [0.15, 0.2) is 28.7 Å². The number of methoxy groups -OCH3 is 1. The maximum absolute atomic E-state index is 11.7. The van der Waals surface area contributed by atoms with Gasteiger partial charge in [0.15, 0.2) is 0 Å². The van der Waals surface area contributed by atoms with Crippen molar-refractivity contribution < 1.29 is 17.9 Å². The number of hydrogen-bond acceptors (Lipinski definition) is 4. The van der Waals surface area contributed by atoms with E-state index < -0.39 is 16.0 Å². The number of halogens is 1. The summed E-state index contributed by atoms with van der Waals surface area (Å²) in [6.07, 6.45) is 0.330. The minimum absolute atomic E-state index is 0.0950. The first kappa shape index (κ1) is 15.0. The zero-order valence-electron chi connectivity index (χ0n) is 9.85. The second-order valence-electron chi connectivity index (χ2n) is 3.61. The van der Waals surface area contributed by atoms with Crippen LogP contribution in [0, 0.1) is 0 Å². The highest BCUT2D eigenvalue weighted by atomic mass is 79.9. The number of anilines is 1. The van der Waals surface area contributed by atoms with Crippen molar-refractivity contribution in [2.75, 3.05) is 17.6 Å². The van der Waals surface area contributed by atoms with E-state index in [1.54, 1.807) is 24.3 Å².